The zero-order valence-electron chi connectivity index (χ0n) is 10.4. The maximum atomic E-state index is 11.9. The first-order chi connectivity index (χ1) is 7.29. The summed E-state index contributed by atoms with van der Waals surface area (Å²) in [5, 5.41) is 7.17. The zero-order valence-corrected chi connectivity index (χ0v) is 11.2. The van der Waals surface area contributed by atoms with E-state index in [1.807, 2.05) is 20.8 Å². The van der Waals surface area contributed by atoms with E-state index in [1.54, 1.807) is 0 Å². The minimum atomic E-state index is -3.26. The molecule has 0 aliphatic carbocycles. The van der Waals surface area contributed by atoms with Crippen molar-refractivity contribution in [2.75, 3.05) is 18.8 Å². The van der Waals surface area contributed by atoms with Crippen molar-refractivity contribution in [3.8, 4) is 0 Å². The smallest absolute Gasteiger partial charge is 0.214 e. The third kappa shape index (κ3) is 6.07. The van der Waals surface area contributed by atoms with Crippen molar-refractivity contribution < 1.29 is 8.42 Å². The number of nitrogens with one attached hydrogen (secondary N) is 1. The summed E-state index contributed by atoms with van der Waals surface area (Å²) < 4.78 is 25.2. The molecule has 0 unspecified atom stereocenters. The number of rotatable bonds is 8. The second-order valence-electron chi connectivity index (χ2n) is 4.36. The van der Waals surface area contributed by atoms with E-state index in [9.17, 15) is 8.42 Å². The van der Waals surface area contributed by atoms with Gasteiger partial charge in [-0.25, -0.2) is 8.42 Å². The molecular weight excluding hydrogens is 226 g/mol. The van der Waals surface area contributed by atoms with Crippen molar-refractivity contribution in [3.05, 3.63) is 0 Å². The molecule has 0 saturated carbocycles. The standard InChI is InChI=1S/C10H23N3O2S/c1-4-6-13(8-10(11)12)16(14,15)7-5-9(2)3/h9H,4-8H2,1-3H3,(H3,11,12). The summed E-state index contributed by atoms with van der Waals surface area (Å²) in [6.45, 7) is 6.33. The predicted octanol–water partition coefficient (Wildman–Crippen LogP) is 1.01. The van der Waals surface area contributed by atoms with E-state index in [0.717, 1.165) is 6.42 Å². The van der Waals surface area contributed by atoms with Crippen LogP contribution in [-0.2, 0) is 10.0 Å². The second kappa shape index (κ2) is 6.85. The number of sulfonamides is 1. The molecule has 0 aromatic carbocycles. The lowest BCUT2D eigenvalue weighted by atomic mass is 10.2. The normalized spacial score (nSPS) is 12.3. The largest absolute Gasteiger partial charge is 0.387 e. The summed E-state index contributed by atoms with van der Waals surface area (Å²) >= 11 is 0. The van der Waals surface area contributed by atoms with E-state index < -0.39 is 10.0 Å². The minimum Gasteiger partial charge on any atom is -0.387 e. The first kappa shape index (κ1) is 15.4. The van der Waals surface area contributed by atoms with E-state index >= 15 is 0 Å². The summed E-state index contributed by atoms with van der Waals surface area (Å²) in [5.41, 5.74) is 5.25. The quantitative estimate of drug-likeness (QED) is 0.497. The van der Waals surface area contributed by atoms with Gasteiger partial charge in [0, 0.05) is 6.54 Å². The Kier molecular flexibility index (Phi) is 6.59. The molecule has 0 aromatic rings. The predicted molar refractivity (Wildman–Crippen MR) is 67.0 cm³/mol. The summed E-state index contributed by atoms with van der Waals surface area (Å²) in [6.07, 6.45) is 1.37. The van der Waals surface area contributed by atoms with Gasteiger partial charge in [0.05, 0.1) is 12.3 Å². The summed E-state index contributed by atoms with van der Waals surface area (Å²) in [6, 6.07) is 0. The van der Waals surface area contributed by atoms with Crippen LogP contribution in [0.2, 0.25) is 0 Å². The van der Waals surface area contributed by atoms with Gasteiger partial charge in [0.15, 0.2) is 0 Å². The van der Waals surface area contributed by atoms with Gasteiger partial charge in [0.2, 0.25) is 10.0 Å². The first-order valence-electron chi connectivity index (χ1n) is 5.60. The van der Waals surface area contributed by atoms with Crippen LogP contribution in [-0.4, -0.2) is 37.4 Å². The van der Waals surface area contributed by atoms with Crippen LogP contribution in [0.4, 0.5) is 0 Å². The Balaban J connectivity index is 4.55. The molecule has 0 spiro atoms. The molecule has 3 N–H and O–H groups in total. The highest BCUT2D eigenvalue weighted by Crippen LogP contribution is 2.08. The fourth-order valence-electron chi connectivity index (χ4n) is 1.27. The summed E-state index contributed by atoms with van der Waals surface area (Å²) in [5.74, 6) is 0.384. The minimum absolute atomic E-state index is 0.00820. The van der Waals surface area contributed by atoms with Gasteiger partial charge in [-0.05, 0) is 18.8 Å². The number of hydrogen-bond donors (Lipinski definition) is 2. The monoisotopic (exact) mass is 249 g/mol. The number of hydrogen-bond acceptors (Lipinski definition) is 3. The molecule has 96 valence electrons. The van der Waals surface area contributed by atoms with Crippen LogP contribution in [0.1, 0.15) is 33.6 Å². The number of nitrogens with zero attached hydrogens (tertiary/aromatic N) is 1. The molecule has 0 aliphatic rings. The molecule has 0 heterocycles. The van der Waals surface area contributed by atoms with Crippen molar-refractivity contribution in [1.29, 1.82) is 5.41 Å². The van der Waals surface area contributed by atoms with Crippen LogP contribution in [0.3, 0.4) is 0 Å². The lowest BCUT2D eigenvalue weighted by Crippen LogP contribution is -2.40. The Hall–Kier alpha value is -0.620. The average Bonchev–Trinajstić information content (AvgIpc) is 2.14. The molecule has 0 rings (SSSR count). The molecule has 5 nitrogen and oxygen atoms in total. The molecule has 0 saturated heterocycles. The van der Waals surface area contributed by atoms with Crippen molar-refractivity contribution >= 4 is 15.9 Å². The molecule has 0 radical (unpaired) electrons. The average molecular weight is 249 g/mol. The number of amidine groups is 1. The Morgan fingerprint density at radius 3 is 2.38 bits per heavy atom. The third-order valence-corrected chi connectivity index (χ3v) is 4.02. The molecule has 16 heavy (non-hydrogen) atoms. The highest BCUT2D eigenvalue weighted by Gasteiger charge is 2.21. The van der Waals surface area contributed by atoms with Crippen LogP contribution in [0.15, 0.2) is 0 Å². The second-order valence-corrected chi connectivity index (χ2v) is 6.45. The van der Waals surface area contributed by atoms with Gasteiger partial charge < -0.3 is 5.73 Å². The first-order valence-corrected chi connectivity index (χ1v) is 7.21. The van der Waals surface area contributed by atoms with Crippen LogP contribution < -0.4 is 5.73 Å². The fraction of sp³-hybridized carbons (Fsp3) is 0.900. The Morgan fingerprint density at radius 1 is 1.44 bits per heavy atom. The Labute approximate surface area is 98.6 Å². The SMILES string of the molecule is CCCN(CC(=N)N)S(=O)(=O)CCC(C)C. The highest BCUT2D eigenvalue weighted by atomic mass is 32.2. The molecule has 0 atom stereocenters. The molecule has 0 aromatic heterocycles. The van der Waals surface area contributed by atoms with E-state index in [-0.39, 0.29) is 18.1 Å². The lowest BCUT2D eigenvalue weighted by Gasteiger charge is -2.21. The summed E-state index contributed by atoms with van der Waals surface area (Å²) in [7, 11) is -3.26. The van der Waals surface area contributed by atoms with Crippen molar-refractivity contribution in [2.24, 2.45) is 11.7 Å². The molecule has 0 amide bonds. The number of nitrogens with two attached hydrogens (primary N) is 1. The van der Waals surface area contributed by atoms with Gasteiger partial charge in [-0.1, -0.05) is 20.8 Å². The molecule has 0 bridgehead atoms. The van der Waals surface area contributed by atoms with Crippen LogP contribution in [0.5, 0.6) is 0 Å². The van der Waals surface area contributed by atoms with Crippen molar-refractivity contribution in [1.82, 2.24) is 4.31 Å². The highest BCUT2D eigenvalue weighted by molar-refractivity contribution is 7.89. The molecular formula is C10H23N3O2S. The topological polar surface area (TPSA) is 87.2 Å². The lowest BCUT2D eigenvalue weighted by molar-refractivity contribution is 0.443. The Bertz CT molecular complexity index is 312. The van der Waals surface area contributed by atoms with E-state index in [2.05, 4.69) is 0 Å². The van der Waals surface area contributed by atoms with Gasteiger partial charge in [-0.15, -0.1) is 0 Å². The van der Waals surface area contributed by atoms with Gasteiger partial charge in [0.1, 0.15) is 5.84 Å². The van der Waals surface area contributed by atoms with Crippen LogP contribution in [0, 0.1) is 11.3 Å². The van der Waals surface area contributed by atoms with E-state index in [0.29, 0.717) is 18.9 Å². The maximum absolute atomic E-state index is 11.9. The third-order valence-electron chi connectivity index (χ3n) is 2.17. The van der Waals surface area contributed by atoms with Crippen LogP contribution >= 0.6 is 0 Å². The van der Waals surface area contributed by atoms with E-state index in [4.69, 9.17) is 11.1 Å². The van der Waals surface area contributed by atoms with Crippen LogP contribution in [0.25, 0.3) is 0 Å². The molecule has 0 fully saturated rings. The van der Waals surface area contributed by atoms with Gasteiger partial charge in [0.25, 0.3) is 0 Å². The zero-order chi connectivity index (χ0) is 12.8. The van der Waals surface area contributed by atoms with Gasteiger partial charge in [-0.2, -0.15) is 4.31 Å². The molecule has 0 aliphatic heterocycles. The van der Waals surface area contributed by atoms with Crippen molar-refractivity contribution in [2.45, 2.75) is 33.6 Å². The Morgan fingerprint density at radius 2 is 2.00 bits per heavy atom. The van der Waals surface area contributed by atoms with Crippen molar-refractivity contribution in [3.63, 3.8) is 0 Å². The van der Waals surface area contributed by atoms with E-state index in [1.165, 1.54) is 4.31 Å². The molecule has 6 heteroatoms. The van der Waals surface area contributed by atoms with Gasteiger partial charge in [-0.3, -0.25) is 5.41 Å². The maximum Gasteiger partial charge on any atom is 0.214 e. The van der Waals surface area contributed by atoms with Gasteiger partial charge >= 0.3 is 0 Å². The summed E-state index contributed by atoms with van der Waals surface area (Å²) in [4.78, 5) is 0. The fourth-order valence-corrected chi connectivity index (χ4v) is 3.09.